The summed E-state index contributed by atoms with van der Waals surface area (Å²) in [4.78, 5) is 4.92. The number of nitrogens with zero attached hydrogens (tertiary/aromatic N) is 2. The summed E-state index contributed by atoms with van der Waals surface area (Å²) < 4.78 is 5.70. The Morgan fingerprint density at radius 2 is 2.00 bits per heavy atom. The Hall–Kier alpha value is -0.160. The largest absolute Gasteiger partial charge is 0.376 e. The van der Waals surface area contributed by atoms with Crippen LogP contribution in [0, 0.1) is 0 Å². The fourth-order valence-electron chi connectivity index (χ4n) is 2.83. The van der Waals surface area contributed by atoms with Crippen molar-refractivity contribution in [2.75, 3.05) is 46.4 Å². The number of nitrogens with two attached hydrogens (primary N) is 1. The van der Waals surface area contributed by atoms with E-state index in [2.05, 4.69) is 23.8 Å². The lowest BCUT2D eigenvalue weighted by molar-refractivity contribution is -0.00774. The van der Waals surface area contributed by atoms with Crippen LogP contribution in [0.1, 0.15) is 13.3 Å². The maximum Gasteiger partial charge on any atom is 0.0743 e. The average molecular weight is 213 g/mol. The summed E-state index contributed by atoms with van der Waals surface area (Å²) in [5.74, 6) is 0. The van der Waals surface area contributed by atoms with E-state index in [4.69, 9.17) is 10.5 Å². The van der Waals surface area contributed by atoms with E-state index in [0.717, 1.165) is 45.8 Å². The highest BCUT2D eigenvalue weighted by molar-refractivity contribution is 5.01. The van der Waals surface area contributed by atoms with E-state index in [1.807, 2.05) is 0 Å². The summed E-state index contributed by atoms with van der Waals surface area (Å²) in [6, 6.07) is 0. The predicted molar refractivity (Wildman–Crippen MR) is 60.9 cm³/mol. The van der Waals surface area contributed by atoms with Crippen molar-refractivity contribution in [3.05, 3.63) is 0 Å². The molecule has 2 saturated heterocycles. The van der Waals surface area contributed by atoms with Crippen molar-refractivity contribution in [2.24, 2.45) is 5.73 Å². The van der Waals surface area contributed by atoms with Crippen LogP contribution in [0.4, 0.5) is 0 Å². The zero-order valence-corrected chi connectivity index (χ0v) is 9.91. The van der Waals surface area contributed by atoms with Crippen molar-refractivity contribution in [3.8, 4) is 0 Å². The van der Waals surface area contributed by atoms with Crippen LogP contribution >= 0.6 is 0 Å². The molecule has 2 N–H and O–H groups in total. The van der Waals surface area contributed by atoms with E-state index in [0.29, 0.717) is 0 Å². The fraction of sp³-hybridized carbons (Fsp3) is 1.00. The van der Waals surface area contributed by atoms with Gasteiger partial charge in [-0.2, -0.15) is 0 Å². The molecule has 4 heteroatoms. The number of ether oxygens (including phenoxy) is 1. The summed E-state index contributed by atoms with van der Waals surface area (Å²) in [5, 5.41) is 0. The minimum atomic E-state index is 0.112. The summed E-state index contributed by atoms with van der Waals surface area (Å²) in [5.41, 5.74) is 6.10. The predicted octanol–water partition coefficient (Wildman–Crippen LogP) is -0.260. The summed E-state index contributed by atoms with van der Waals surface area (Å²) >= 11 is 0. The molecule has 0 amide bonds. The molecule has 2 aliphatic rings. The Morgan fingerprint density at radius 1 is 1.33 bits per heavy atom. The van der Waals surface area contributed by atoms with Crippen LogP contribution in [0.15, 0.2) is 0 Å². The third-order valence-electron chi connectivity index (χ3n) is 4.15. The molecule has 0 bridgehead atoms. The first-order chi connectivity index (χ1) is 7.19. The molecule has 4 nitrogen and oxygen atoms in total. The molecule has 2 unspecified atom stereocenters. The minimum absolute atomic E-state index is 0.112. The zero-order valence-electron chi connectivity index (χ0n) is 9.91. The monoisotopic (exact) mass is 213 g/mol. The van der Waals surface area contributed by atoms with Crippen molar-refractivity contribution in [1.82, 2.24) is 9.80 Å². The van der Waals surface area contributed by atoms with E-state index in [-0.39, 0.29) is 11.6 Å². The minimum Gasteiger partial charge on any atom is -0.376 e. The maximum absolute atomic E-state index is 5.99. The number of hydrogen-bond acceptors (Lipinski definition) is 4. The molecular weight excluding hydrogens is 190 g/mol. The molecule has 2 atom stereocenters. The van der Waals surface area contributed by atoms with Gasteiger partial charge in [-0.05, 0) is 20.4 Å². The van der Waals surface area contributed by atoms with E-state index in [1.54, 1.807) is 0 Å². The topological polar surface area (TPSA) is 41.7 Å². The highest BCUT2D eigenvalue weighted by Gasteiger charge is 2.45. The third-order valence-corrected chi connectivity index (χ3v) is 4.15. The summed E-state index contributed by atoms with van der Waals surface area (Å²) in [6.07, 6.45) is 1.37. The standard InChI is InChI=1S/C11H23N3O/c1-10-11(9-12,3-8-15-10)14-6-4-13(2)5-7-14/h10H,3-9,12H2,1-2H3. The summed E-state index contributed by atoms with van der Waals surface area (Å²) in [7, 11) is 2.18. The maximum atomic E-state index is 5.99. The van der Waals surface area contributed by atoms with Gasteiger partial charge in [-0.1, -0.05) is 0 Å². The van der Waals surface area contributed by atoms with Crippen LogP contribution < -0.4 is 5.73 Å². The Balaban J connectivity index is 2.06. The van der Waals surface area contributed by atoms with Crippen LogP contribution in [0.25, 0.3) is 0 Å². The summed E-state index contributed by atoms with van der Waals surface area (Å²) in [6.45, 7) is 8.30. The van der Waals surface area contributed by atoms with Gasteiger partial charge in [0.25, 0.3) is 0 Å². The smallest absolute Gasteiger partial charge is 0.0743 e. The van der Waals surface area contributed by atoms with Gasteiger partial charge >= 0.3 is 0 Å². The van der Waals surface area contributed by atoms with Gasteiger partial charge in [-0.15, -0.1) is 0 Å². The van der Waals surface area contributed by atoms with E-state index in [9.17, 15) is 0 Å². The number of piperazine rings is 1. The Morgan fingerprint density at radius 3 is 2.47 bits per heavy atom. The molecule has 2 rings (SSSR count). The van der Waals surface area contributed by atoms with E-state index < -0.39 is 0 Å². The molecule has 88 valence electrons. The Labute approximate surface area is 92.4 Å². The second-order valence-corrected chi connectivity index (χ2v) is 4.86. The molecule has 15 heavy (non-hydrogen) atoms. The van der Waals surface area contributed by atoms with Crippen molar-refractivity contribution in [3.63, 3.8) is 0 Å². The van der Waals surface area contributed by atoms with Gasteiger partial charge in [0.2, 0.25) is 0 Å². The molecule has 0 spiro atoms. The Kier molecular flexibility index (Phi) is 3.30. The molecule has 0 aromatic carbocycles. The molecule has 0 saturated carbocycles. The lowest BCUT2D eigenvalue weighted by atomic mass is 9.89. The highest BCUT2D eigenvalue weighted by atomic mass is 16.5. The number of hydrogen-bond donors (Lipinski definition) is 1. The van der Waals surface area contributed by atoms with E-state index in [1.165, 1.54) is 0 Å². The second kappa shape index (κ2) is 4.37. The zero-order chi connectivity index (χ0) is 10.9. The van der Waals surface area contributed by atoms with Crippen LogP contribution in [0.2, 0.25) is 0 Å². The first-order valence-corrected chi connectivity index (χ1v) is 5.94. The molecule has 0 aliphatic carbocycles. The van der Waals surface area contributed by atoms with E-state index >= 15 is 0 Å². The van der Waals surface area contributed by atoms with Gasteiger partial charge in [0, 0.05) is 39.3 Å². The molecule has 2 aliphatic heterocycles. The van der Waals surface area contributed by atoms with Crippen LogP contribution in [-0.4, -0.2) is 67.8 Å². The molecule has 2 fully saturated rings. The third kappa shape index (κ3) is 1.91. The van der Waals surface area contributed by atoms with Crippen molar-refractivity contribution >= 4 is 0 Å². The van der Waals surface area contributed by atoms with Crippen LogP contribution in [0.5, 0.6) is 0 Å². The van der Waals surface area contributed by atoms with Crippen molar-refractivity contribution in [2.45, 2.75) is 25.0 Å². The SMILES string of the molecule is CC1OCCC1(CN)N1CCN(C)CC1. The molecule has 2 heterocycles. The van der Waals surface area contributed by atoms with Crippen LogP contribution in [0.3, 0.4) is 0 Å². The lowest BCUT2D eigenvalue weighted by Gasteiger charge is -2.46. The van der Waals surface area contributed by atoms with Gasteiger partial charge in [0.1, 0.15) is 0 Å². The van der Waals surface area contributed by atoms with Gasteiger partial charge in [0.15, 0.2) is 0 Å². The first kappa shape index (κ1) is 11.3. The first-order valence-electron chi connectivity index (χ1n) is 5.94. The van der Waals surface area contributed by atoms with Gasteiger partial charge in [0.05, 0.1) is 11.6 Å². The fourth-order valence-corrected chi connectivity index (χ4v) is 2.83. The number of likely N-dealkylation sites (N-methyl/N-ethyl adjacent to an activating group) is 1. The molecular formula is C11H23N3O. The molecule has 0 aromatic rings. The van der Waals surface area contributed by atoms with Gasteiger partial charge in [-0.25, -0.2) is 0 Å². The number of rotatable bonds is 2. The van der Waals surface area contributed by atoms with Gasteiger partial charge < -0.3 is 15.4 Å². The average Bonchev–Trinajstić information content (AvgIpc) is 2.62. The normalized spacial score (nSPS) is 39.8. The lowest BCUT2D eigenvalue weighted by Crippen LogP contribution is -2.62. The van der Waals surface area contributed by atoms with Crippen LogP contribution in [-0.2, 0) is 4.74 Å². The highest BCUT2D eigenvalue weighted by Crippen LogP contribution is 2.31. The second-order valence-electron chi connectivity index (χ2n) is 4.86. The van der Waals surface area contributed by atoms with Crippen molar-refractivity contribution < 1.29 is 4.74 Å². The van der Waals surface area contributed by atoms with Gasteiger partial charge in [-0.3, -0.25) is 4.90 Å². The molecule has 0 aromatic heterocycles. The quantitative estimate of drug-likeness (QED) is 0.686. The Bertz CT molecular complexity index is 216. The van der Waals surface area contributed by atoms with Crippen molar-refractivity contribution in [1.29, 1.82) is 0 Å². The molecule has 0 radical (unpaired) electrons.